The maximum atomic E-state index is 12.1. The molecule has 0 radical (unpaired) electrons. The molecule has 33 heavy (non-hydrogen) atoms. The van der Waals surface area contributed by atoms with Crippen LogP contribution in [0, 0.1) is 0 Å². The fraction of sp³-hybridized carbons (Fsp3) is 0.174. The number of carboxylic acids is 1. The van der Waals surface area contributed by atoms with E-state index >= 15 is 0 Å². The van der Waals surface area contributed by atoms with Gasteiger partial charge in [-0.25, -0.2) is 14.8 Å². The Morgan fingerprint density at radius 3 is 2.39 bits per heavy atom. The molecule has 0 aliphatic carbocycles. The summed E-state index contributed by atoms with van der Waals surface area (Å²) in [7, 11) is 2.89. The van der Waals surface area contributed by atoms with Gasteiger partial charge in [-0.15, -0.1) is 0 Å². The lowest BCUT2D eigenvalue weighted by molar-refractivity contribution is 0.0697. The molecule has 10 heteroatoms. The van der Waals surface area contributed by atoms with Crippen LogP contribution in [0.3, 0.4) is 0 Å². The van der Waals surface area contributed by atoms with Crippen LogP contribution >= 0.6 is 23.2 Å². The van der Waals surface area contributed by atoms with Crippen molar-refractivity contribution in [2.45, 2.75) is 13.8 Å². The van der Waals surface area contributed by atoms with Gasteiger partial charge in [-0.3, -0.25) is 4.40 Å². The highest BCUT2D eigenvalue weighted by molar-refractivity contribution is 6.39. The number of ether oxygens (including phenoxy) is 2. The van der Waals surface area contributed by atoms with E-state index in [9.17, 15) is 9.90 Å². The number of hydrogen-bond acceptors (Lipinski definition) is 6. The summed E-state index contributed by atoms with van der Waals surface area (Å²) in [5, 5.41) is 13.9. The van der Waals surface area contributed by atoms with E-state index in [-0.39, 0.29) is 16.9 Å². The molecule has 0 saturated heterocycles. The molecular weight excluding hydrogens is 467 g/mol. The van der Waals surface area contributed by atoms with Gasteiger partial charge in [-0.2, -0.15) is 0 Å². The number of fused-ring (bicyclic) bond motifs is 1. The second-order valence-electron chi connectivity index (χ2n) is 6.38. The molecule has 2 aromatic carbocycles. The Kier molecular flexibility index (Phi) is 7.63. The lowest BCUT2D eigenvalue weighted by atomic mass is 10.0. The lowest BCUT2D eigenvalue weighted by Gasteiger charge is -2.15. The molecule has 0 fully saturated rings. The standard InChI is InChI=1S/C21H16Cl2N4O4.C2H6/c1-30-11-9-12(20(28)29)16(15(10-11)31-2)18-19(27-8-4-7-24-21(27)26-18)25-17-13(22)5-3-6-14(17)23;1-2/h3-10,25H,1-2H3,(H,28,29);1-2H3. The molecule has 4 rings (SSSR count). The van der Waals surface area contributed by atoms with Crippen molar-refractivity contribution < 1.29 is 19.4 Å². The minimum absolute atomic E-state index is 0.0482. The molecule has 0 saturated carbocycles. The number of aromatic nitrogens is 3. The Labute approximate surface area is 200 Å². The SMILES string of the molecule is CC.COc1cc(OC)c(-c2nc3ncccn3c2Nc2c(Cl)cccc2Cl)c(C(=O)O)c1. The highest BCUT2D eigenvalue weighted by Crippen LogP contribution is 2.42. The van der Waals surface area contributed by atoms with Gasteiger partial charge in [-0.1, -0.05) is 43.1 Å². The van der Waals surface area contributed by atoms with Crippen LogP contribution < -0.4 is 14.8 Å². The third-order valence-electron chi connectivity index (χ3n) is 4.61. The fourth-order valence-corrected chi connectivity index (χ4v) is 3.69. The van der Waals surface area contributed by atoms with Crippen molar-refractivity contribution in [2.75, 3.05) is 19.5 Å². The highest BCUT2D eigenvalue weighted by Gasteiger charge is 2.26. The summed E-state index contributed by atoms with van der Waals surface area (Å²) in [6.07, 6.45) is 3.32. The number of nitrogens with zero attached hydrogens (tertiary/aromatic N) is 3. The van der Waals surface area contributed by atoms with E-state index in [0.29, 0.717) is 38.8 Å². The zero-order valence-corrected chi connectivity index (χ0v) is 19.9. The van der Waals surface area contributed by atoms with E-state index in [1.807, 2.05) is 13.8 Å². The van der Waals surface area contributed by atoms with Gasteiger partial charge in [0.2, 0.25) is 5.78 Å². The second-order valence-corrected chi connectivity index (χ2v) is 7.19. The highest BCUT2D eigenvalue weighted by atomic mass is 35.5. The second kappa shape index (κ2) is 10.4. The van der Waals surface area contributed by atoms with Crippen LogP contribution in [-0.4, -0.2) is 39.7 Å². The van der Waals surface area contributed by atoms with Gasteiger partial charge in [0.1, 0.15) is 23.0 Å². The van der Waals surface area contributed by atoms with E-state index in [1.54, 1.807) is 47.1 Å². The van der Waals surface area contributed by atoms with E-state index in [4.69, 9.17) is 32.7 Å². The van der Waals surface area contributed by atoms with Crippen molar-refractivity contribution >= 4 is 46.5 Å². The fourth-order valence-electron chi connectivity index (χ4n) is 3.20. The molecule has 0 amide bonds. The topological polar surface area (TPSA) is 98.0 Å². The molecule has 8 nitrogen and oxygen atoms in total. The number of halogens is 2. The van der Waals surface area contributed by atoms with Gasteiger partial charge < -0.3 is 19.9 Å². The third kappa shape index (κ3) is 4.67. The molecule has 0 unspecified atom stereocenters. The van der Waals surface area contributed by atoms with Crippen molar-refractivity contribution in [2.24, 2.45) is 0 Å². The number of aromatic carboxylic acids is 1. The number of anilines is 2. The van der Waals surface area contributed by atoms with Gasteiger partial charge in [0.15, 0.2) is 0 Å². The molecule has 2 aromatic heterocycles. The first-order chi connectivity index (χ1) is 15.9. The van der Waals surface area contributed by atoms with Crippen LogP contribution in [0.15, 0.2) is 48.8 Å². The zero-order valence-electron chi connectivity index (χ0n) is 18.4. The summed E-state index contributed by atoms with van der Waals surface area (Å²) in [6, 6.07) is 9.82. The van der Waals surface area contributed by atoms with Crippen molar-refractivity contribution in [3.8, 4) is 22.8 Å². The van der Waals surface area contributed by atoms with Gasteiger partial charge in [0.05, 0.1) is 41.1 Å². The number of carboxylic acid groups (broad SMARTS) is 1. The molecule has 0 spiro atoms. The number of imidazole rings is 1. The van der Waals surface area contributed by atoms with Gasteiger partial charge in [-0.05, 0) is 24.3 Å². The Morgan fingerprint density at radius 1 is 1.09 bits per heavy atom. The summed E-state index contributed by atoms with van der Waals surface area (Å²) in [5.41, 5.74) is 0.952. The summed E-state index contributed by atoms with van der Waals surface area (Å²) < 4.78 is 12.4. The van der Waals surface area contributed by atoms with Crippen molar-refractivity contribution in [3.63, 3.8) is 0 Å². The first-order valence-electron chi connectivity index (χ1n) is 9.98. The Balaban J connectivity index is 0.00000149. The number of para-hydroxylation sites is 1. The van der Waals surface area contributed by atoms with Crippen LogP contribution in [0.2, 0.25) is 10.0 Å². The number of carbonyl (C=O) groups is 1. The van der Waals surface area contributed by atoms with Crippen molar-refractivity contribution in [1.82, 2.24) is 14.4 Å². The van der Waals surface area contributed by atoms with E-state index < -0.39 is 5.97 Å². The lowest BCUT2D eigenvalue weighted by Crippen LogP contribution is -2.05. The van der Waals surface area contributed by atoms with E-state index in [0.717, 1.165) is 0 Å². The maximum Gasteiger partial charge on any atom is 0.336 e. The molecular formula is C23H22Cl2N4O4. The molecule has 0 bridgehead atoms. The maximum absolute atomic E-state index is 12.1. The van der Waals surface area contributed by atoms with Crippen LogP contribution in [0.25, 0.3) is 17.0 Å². The minimum atomic E-state index is -1.17. The van der Waals surface area contributed by atoms with Crippen molar-refractivity contribution in [3.05, 3.63) is 64.4 Å². The number of hydrogen-bond donors (Lipinski definition) is 2. The predicted molar refractivity (Wildman–Crippen MR) is 130 cm³/mol. The van der Waals surface area contributed by atoms with Crippen LogP contribution in [-0.2, 0) is 0 Å². The molecule has 0 atom stereocenters. The Morgan fingerprint density at radius 2 is 1.79 bits per heavy atom. The third-order valence-corrected chi connectivity index (χ3v) is 5.24. The Bertz CT molecular complexity index is 1290. The first-order valence-corrected chi connectivity index (χ1v) is 10.7. The smallest absolute Gasteiger partial charge is 0.336 e. The Hall–Kier alpha value is -3.49. The number of methoxy groups -OCH3 is 2. The summed E-state index contributed by atoms with van der Waals surface area (Å²) in [6.45, 7) is 4.00. The number of rotatable bonds is 6. The molecule has 2 N–H and O–H groups in total. The molecule has 172 valence electrons. The van der Waals surface area contributed by atoms with E-state index in [1.165, 1.54) is 20.3 Å². The summed E-state index contributed by atoms with van der Waals surface area (Å²) in [5.74, 6) is 0.206. The van der Waals surface area contributed by atoms with Crippen LogP contribution in [0.1, 0.15) is 24.2 Å². The normalized spacial score (nSPS) is 10.4. The average Bonchev–Trinajstić information content (AvgIpc) is 3.19. The average molecular weight is 489 g/mol. The minimum Gasteiger partial charge on any atom is -0.497 e. The number of benzene rings is 2. The molecule has 0 aliphatic rings. The molecule has 2 heterocycles. The van der Waals surface area contributed by atoms with Gasteiger partial charge >= 0.3 is 5.97 Å². The van der Waals surface area contributed by atoms with Crippen molar-refractivity contribution in [1.29, 1.82) is 0 Å². The number of nitrogens with one attached hydrogen (secondary N) is 1. The zero-order chi connectivity index (χ0) is 24.1. The van der Waals surface area contributed by atoms with Gasteiger partial charge in [0, 0.05) is 18.5 Å². The monoisotopic (exact) mass is 488 g/mol. The van der Waals surface area contributed by atoms with Gasteiger partial charge in [0.25, 0.3) is 0 Å². The summed E-state index contributed by atoms with van der Waals surface area (Å²) in [4.78, 5) is 20.9. The first kappa shape index (κ1) is 24.2. The van der Waals surface area contributed by atoms with E-state index in [2.05, 4.69) is 15.3 Å². The largest absolute Gasteiger partial charge is 0.497 e. The molecule has 0 aliphatic heterocycles. The summed E-state index contributed by atoms with van der Waals surface area (Å²) >= 11 is 12.7. The van der Waals surface area contributed by atoms with Crippen LogP contribution in [0.5, 0.6) is 11.5 Å². The quantitative estimate of drug-likeness (QED) is 0.333. The van der Waals surface area contributed by atoms with Crippen LogP contribution in [0.4, 0.5) is 11.5 Å². The predicted octanol–water partition coefficient (Wildman–Crippen LogP) is 6.19. The molecule has 4 aromatic rings.